The van der Waals surface area contributed by atoms with Crippen molar-refractivity contribution in [2.45, 2.75) is 70.1 Å². The second-order valence-electron chi connectivity index (χ2n) is 8.96. The molecule has 2 amide bonds. The molecule has 2 unspecified atom stereocenters. The van der Waals surface area contributed by atoms with E-state index in [0.29, 0.717) is 17.0 Å². The smallest absolute Gasteiger partial charge is 0.261 e. The first-order chi connectivity index (χ1) is 16.0. The van der Waals surface area contributed by atoms with E-state index in [2.05, 4.69) is 24.1 Å². The maximum atomic E-state index is 14.2. The lowest BCUT2D eigenvalue weighted by Gasteiger charge is -2.43. The second kappa shape index (κ2) is 13.1. The van der Waals surface area contributed by atoms with Gasteiger partial charge in [-0.3, -0.25) is 9.59 Å². The Hall–Kier alpha value is -1.86. The minimum Gasteiger partial charge on any atom is -0.355 e. The molecule has 1 saturated carbocycles. The van der Waals surface area contributed by atoms with E-state index in [0.717, 1.165) is 51.7 Å². The van der Waals surface area contributed by atoms with Crippen LogP contribution in [0.5, 0.6) is 0 Å². The van der Waals surface area contributed by atoms with Crippen LogP contribution in [-0.2, 0) is 9.59 Å². The average molecular weight is 476 g/mol. The number of unbranched alkanes of at least 4 members (excludes halogenated alkanes) is 1. The number of carbonyl (C=O) groups is 2. The number of carbonyl (C=O) groups excluding carboxylic acids is 2. The van der Waals surface area contributed by atoms with E-state index in [1.165, 1.54) is 18.9 Å². The van der Waals surface area contributed by atoms with Crippen LogP contribution < -0.4 is 5.32 Å². The first-order valence-corrected chi connectivity index (χ1v) is 13.3. The van der Waals surface area contributed by atoms with Gasteiger partial charge < -0.3 is 15.1 Å². The zero-order valence-electron chi connectivity index (χ0n) is 20.0. The van der Waals surface area contributed by atoms with E-state index in [1.54, 1.807) is 40.9 Å². The fourth-order valence-corrected chi connectivity index (χ4v) is 6.11. The van der Waals surface area contributed by atoms with Gasteiger partial charge in [0.15, 0.2) is 0 Å². The highest BCUT2D eigenvalue weighted by atomic mass is 32.2. The molecule has 1 aromatic carbocycles. The molecule has 0 spiro atoms. The Kier molecular flexibility index (Phi) is 10.3. The normalized spacial score (nSPS) is 22.0. The molecule has 1 aliphatic heterocycles. The maximum Gasteiger partial charge on any atom is 0.261 e. The second-order valence-corrected chi connectivity index (χ2v) is 10.2. The molecule has 2 atom stereocenters. The highest BCUT2D eigenvalue weighted by Crippen LogP contribution is 2.42. The molecule has 7 heteroatoms. The minimum atomic E-state index is -0.339. The van der Waals surface area contributed by atoms with Crippen LogP contribution in [0.1, 0.15) is 64.4 Å². The average Bonchev–Trinajstić information content (AvgIpc) is 2.82. The number of nitrogens with zero attached hydrogens (tertiary/aromatic N) is 2. The van der Waals surface area contributed by atoms with Gasteiger partial charge in [-0.1, -0.05) is 51.3 Å². The molecule has 0 aromatic heterocycles. The molecule has 182 valence electrons. The summed E-state index contributed by atoms with van der Waals surface area (Å²) in [6, 6.07) is 6.57. The number of amides is 2. The summed E-state index contributed by atoms with van der Waals surface area (Å²) in [6.07, 6.45) is 9.06. The molecule has 1 N–H and O–H groups in total. The molecule has 0 radical (unpaired) electrons. The number of nitrogens with one attached hydrogen (secondary N) is 1. The maximum absolute atomic E-state index is 14.2. The number of halogens is 1. The Morgan fingerprint density at radius 2 is 1.97 bits per heavy atom. The molecule has 33 heavy (non-hydrogen) atoms. The van der Waals surface area contributed by atoms with Crippen LogP contribution in [0.15, 0.2) is 29.2 Å². The molecular weight excluding hydrogens is 437 g/mol. The van der Waals surface area contributed by atoms with Crippen molar-refractivity contribution in [3.05, 3.63) is 40.6 Å². The summed E-state index contributed by atoms with van der Waals surface area (Å²) in [4.78, 5) is 30.7. The fourth-order valence-electron chi connectivity index (χ4n) is 4.65. The Bertz CT molecular complexity index is 832. The summed E-state index contributed by atoms with van der Waals surface area (Å²) in [5.74, 6) is -0.604. The van der Waals surface area contributed by atoms with E-state index in [-0.39, 0.29) is 35.5 Å². The van der Waals surface area contributed by atoms with E-state index in [1.807, 2.05) is 0 Å². The first-order valence-electron chi connectivity index (χ1n) is 12.5. The topological polar surface area (TPSA) is 52.7 Å². The van der Waals surface area contributed by atoms with Gasteiger partial charge in [-0.15, -0.1) is 11.8 Å². The van der Waals surface area contributed by atoms with Crippen LogP contribution in [0.25, 0.3) is 6.08 Å². The molecule has 1 heterocycles. The first kappa shape index (κ1) is 25.8. The van der Waals surface area contributed by atoms with Crippen LogP contribution in [0.4, 0.5) is 4.39 Å². The summed E-state index contributed by atoms with van der Waals surface area (Å²) in [5.41, 5.74) is 0.413. The van der Waals surface area contributed by atoms with E-state index in [4.69, 9.17) is 0 Å². The van der Waals surface area contributed by atoms with Gasteiger partial charge in [0.2, 0.25) is 5.91 Å². The van der Waals surface area contributed by atoms with Crippen molar-refractivity contribution in [1.29, 1.82) is 0 Å². The number of hydrogen-bond donors (Lipinski definition) is 1. The highest BCUT2D eigenvalue weighted by Gasteiger charge is 2.41. The van der Waals surface area contributed by atoms with Gasteiger partial charge in [0.25, 0.3) is 5.91 Å². The fraction of sp³-hybridized carbons (Fsp3) is 0.615. The largest absolute Gasteiger partial charge is 0.355 e. The Morgan fingerprint density at radius 1 is 1.21 bits per heavy atom. The summed E-state index contributed by atoms with van der Waals surface area (Å²) in [5, 5.41) is 3.27. The van der Waals surface area contributed by atoms with Crippen molar-refractivity contribution in [2.24, 2.45) is 0 Å². The zero-order chi connectivity index (χ0) is 23.6. The molecular formula is C26H38FN3O2S. The minimum absolute atomic E-state index is 0.0719. The summed E-state index contributed by atoms with van der Waals surface area (Å²) >= 11 is 1.56. The van der Waals surface area contributed by atoms with Gasteiger partial charge in [-0.25, -0.2) is 4.39 Å². The standard InChI is InChI=1S/C26H38FN3O2S/c1-3-5-16-29(4-2)17-10-15-28-25(31)19-30-22-13-8-9-14-23(22)33-24(26(30)32)18-20-11-6-7-12-21(20)27/h6-7,11-12,18,22-23H,3-5,8-10,13-17,19H2,1-2H3,(H,28,31)/b24-18-. The van der Waals surface area contributed by atoms with Crippen molar-refractivity contribution in [3.8, 4) is 0 Å². The van der Waals surface area contributed by atoms with Gasteiger partial charge in [0, 0.05) is 23.4 Å². The molecule has 3 rings (SSSR count). The molecule has 1 saturated heterocycles. The molecule has 5 nitrogen and oxygen atoms in total. The monoisotopic (exact) mass is 475 g/mol. The Labute approximate surface area is 202 Å². The van der Waals surface area contributed by atoms with Crippen molar-refractivity contribution in [1.82, 2.24) is 15.1 Å². The number of thioether (sulfide) groups is 1. The van der Waals surface area contributed by atoms with E-state index < -0.39 is 0 Å². The number of fused-ring (bicyclic) bond motifs is 1. The summed E-state index contributed by atoms with van der Waals surface area (Å²) in [7, 11) is 0. The Morgan fingerprint density at radius 3 is 2.73 bits per heavy atom. The van der Waals surface area contributed by atoms with Crippen molar-refractivity contribution in [3.63, 3.8) is 0 Å². The zero-order valence-corrected chi connectivity index (χ0v) is 20.8. The lowest BCUT2D eigenvalue weighted by molar-refractivity contribution is -0.135. The van der Waals surface area contributed by atoms with Crippen LogP contribution in [-0.4, -0.2) is 65.6 Å². The lowest BCUT2D eigenvalue weighted by atomic mass is 9.93. The van der Waals surface area contributed by atoms with Gasteiger partial charge in [0.1, 0.15) is 12.4 Å². The molecule has 2 aliphatic rings. The van der Waals surface area contributed by atoms with E-state index >= 15 is 0 Å². The van der Waals surface area contributed by atoms with E-state index in [9.17, 15) is 14.0 Å². The predicted octanol–water partition coefficient (Wildman–Crippen LogP) is 4.68. The van der Waals surface area contributed by atoms with Crippen LogP contribution >= 0.6 is 11.8 Å². The van der Waals surface area contributed by atoms with Gasteiger partial charge >= 0.3 is 0 Å². The van der Waals surface area contributed by atoms with Crippen LogP contribution in [0.2, 0.25) is 0 Å². The third-order valence-electron chi connectivity index (χ3n) is 6.57. The highest BCUT2D eigenvalue weighted by molar-refractivity contribution is 8.04. The number of hydrogen-bond acceptors (Lipinski definition) is 4. The van der Waals surface area contributed by atoms with Gasteiger partial charge in [0.05, 0.1) is 4.91 Å². The van der Waals surface area contributed by atoms with Crippen LogP contribution in [0, 0.1) is 5.82 Å². The molecule has 1 aliphatic carbocycles. The molecule has 0 bridgehead atoms. The van der Waals surface area contributed by atoms with Crippen molar-refractivity contribution >= 4 is 29.7 Å². The molecule has 2 fully saturated rings. The van der Waals surface area contributed by atoms with Crippen LogP contribution in [0.3, 0.4) is 0 Å². The SMILES string of the molecule is CCCCN(CC)CCCNC(=O)CN1C(=O)/C(=C/c2ccccc2F)SC2CCCCC21. The predicted molar refractivity (Wildman–Crippen MR) is 134 cm³/mol. The quantitative estimate of drug-likeness (QED) is 0.373. The number of benzene rings is 1. The van der Waals surface area contributed by atoms with Gasteiger partial charge in [-0.05, 0) is 57.5 Å². The third kappa shape index (κ3) is 7.31. The van der Waals surface area contributed by atoms with Crippen molar-refractivity contribution < 1.29 is 14.0 Å². The van der Waals surface area contributed by atoms with Crippen molar-refractivity contribution in [2.75, 3.05) is 32.7 Å². The summed E-state index contributed by atoms with van der Waals surface area (Å²) in [6.45, 7) is 8.14. The van der Waals surface area contributed by atoms with Gasteiger partial charge in [-0.2, -0.15) is 0 Å². The third-order valence-corrected chi connectivity index (χ3v) is 7.97. The summed E-state index contributed by atoms with van der Waals surface area (Å²) < 4.78 is 14.2. The lowest BCUT2D eigenvalue weighted by Crippen LogP contribution is -2.54. The number of rotatable bonds is 11. The molecule has 1 aromatic rings. The Balaban J connectivity index is 1.60.